The average Bonchev–Trinajstić information content (AvgIpc) is 2.25. The monoisotopic (exact) mass is 330 g/mol. The zero-order chi connectivity index (χ0) is 15.6. The Bertz CT molecular complexity index is 422. The second-order valence-electron chi connectivity index (χ2n) is 5.60. The maximum Gasteiger partial charge on any atom is 0.330 e. The van der Waals surface area contributed by atoms with Crippen LogP contribution in [0.5, 0.6) is 0 Å². The summed E-state index contributed by atoms with van der Waals surface area (Å²) in [6, 6.07) is -0.510. The van der Waals surface area contributed by atoms with Crippen LogP contribution in [-0.4, -0.2) is 43.0 Å². The number of hydrogen-bond donors (Lipinski definition) is 6. The van der Waals surface area contributed by atoms with Gasteiger partial charge in [-0.3, -0.25) is 9.13 Å². The molecule has 8 nitrogen and oxygen atoms in total. The molecular weight excluding hydrogens is 306 g/mol. The third kappa shape index (κ3) is 4.90. The normalized spacial score (nSPS) is 30.2. The Balaban J connectivity index is 2.84. The van der Waals surface area contributed by atoms with Crippen LogP contribution in [-0.2, 0) is 9.13 Å². The van der Waals surface area contributed by atoms with Gasteiger partial charge in [0.1, 0.15) is 0 Å². The van der Waals surface area contributed by atoms with Crippen molar-refractivity contribution < 1.29 is 28.7 Å². The van der Waals surface area contributed by atoms with E-state index in [1.54, 1.807) is 0 Å². The number of hydrogen-bond acceptors (Lipinski definition) is 4. The maximum atomic E-state index is 11.7. The summed E-state index contributed by atoms with van der Waals surface area (Å²) in [6.45, 7) is 0. The van der Waals surface area contributed by atoms with Gasteiger partial charge in [0.2, 0.25) is 0 Å². The SMILES string of the molecule is NC1CCCCC1(N)C(CCCP(=O)(O)O)P(=O)(O)O. The standard InChI is InChI=1S/C10H24N2O6P2/c11-8-4-1-2-6-10(8,12)9(20(16,17)18)5-3-7-19(13,14)15/h8-9H,1-7,11-12H2,(H2,13,14,15)(H2,16,17,18). The van der Waals surface area contributed by atoms with Gasteiger partial charge in [-0.1, -0.05) is 12.8 Å². The van der Waals surface area contributed by atoms with Crippen molar-refractivity contribution in [1.82, 2.24) is 0 Å². The summed E-state index contributed by atoms with van der Waals surface area (Å²) >= 11 is 0. The first-order chi connectivity index (χ1) is 8.97. The molecule has 120 valence electrons. The maximum absolute atomic E-state index is 11.7. The zero-order valence-corrected chi connectivity index (χ0v) is 13.0. The summed E-state index contributed by atoms with van der Waals surface area (Å²) in [5.74, 6) is 0. The van der Waals surface area contributed by atoms with Crippen LogP contribution < -0.4 is 11.5 Å². The van der Waals surface area contributed by atoms with Gasteiger partial charge in [0, 0.05) is 17.7 Å². The highest BCUT2D eigenvalue weighted by molar-refractivity contribution is 7.52. The van der Waals surface area contributed by atoms with E-state index in [2.05, 4.69) is 0 Å². The van der Waals surface area contributed by atoms with Gasteiger partial charge in [-0.2, -0.15) is 0 Å². The molecular formula is C10H24N2O6P2. The third-order valence-electron chi connectivity index (χ3n) is 4.02. The molecule has 1 aliphatic carbocycles. The van der Waals surface area contributed by atoms with E-state index < -0.39 is 38.6 Å². The van der Waals surface area contributed by atoms with Crippen LogP contribution in [0.1, 0.15) is 38.5 Å². The van der Waals surface area contributed by atoms with Crippen LogP contribution in [0.15, 0.2) is 0 Å². The van der Waals surface area contributed by atoms with Crippen molar-refractivity contribution in [3.8, 4) is 0 Å². The Morgan fingerprint density at radius 3 is 2.25 bits per heavy atom. The lowest BCUT2D eigenvalue weighted by atomic mass is 9.75. The molecule has 0 aliphatic heterocycles. The Morgan fingerprint density at radius 1 is 1.20 bits per heavy atom. The van der Waals surface area contributed by atoms with Crippen LogP contribution in [0, 0.1) is 0 Å². The fourth-order valence-corrected chi connectivity index (χ4v) is 4.96. The van der Waals surface area contributed by atoms with Crippen molar-refractivity contribution in [2.24, 2.45) is 11.5 Å². The van der Waals surface area contributed by atoms with E-state index in [9.17, 15) is 18.9 Å². The molecule has 3 atom stereocenters. The average molecular weight is 330 g/mol. The minimum atomic E-state index is -4.49. The van der Waals surface area contributed by atoms with Crippen molar-refractivity contribution in [1.29, 1.82) is 0 Å². The fourth-order valence-electron chi connectivity index (χ4n) is 2.90. The van der Waals surface area contributed by atoms with E-state index in [0.717, 1.165) is 12.8 Å². The molecule has 0 spiro atoms. The number of rotatable bonds is 6. The summed E-state index contributed by atoms with van der Waals surface area (Å²) in [5, 5.41) is 0. The summed E-state index contributed by atoms with van der Waals surface area (Å²) in [5.41, 5.74) is 9.79. The number of nitrogens with two attached hydrogens (primary N) is 2. The minimum Gasteiger partial charge on any atom is -0.326 e. The van der Waals surface area contributed by atoms with Crippen molar-refractivity contribution in [3.63, 3.8) is 0 Å². The first kappa shape index (κ1) is 18.3. The molecule has 20 heavy (non-hydrogen) atoms. The molecule has 8 N–H and O–H groups in total. The van der Waals surface area contributed by atoms with E-state index in [4.69, 9.17) is 21.3 Å². The van der Waals surface area contributed by atoms with Crippen molar-refractivity contribution >= 4 is 15.2 Å². The zero-order valence-electron chi connectivity index (χ0n) is 11.3. The fraction of sp³-hybridized carbons (Fsp3) is 1.00. The quantitative estimate of drug-likeness (QED) is 0.372. The molecule has 1 saturated carbocycles. The smallest absolute Gasteiger partial charge is 0.326 e. The summed E-state index contributed by atoms with van der Waals surface area (Å²) in [4.78, 5) is 36.7. The summed E-state index contributed by atoms with van der Waals surface area (Å²) < 4.78 is 22.5. The highest BCUT2D eigenvalue weighted by Crippen LogP contribution is 2.52. The first-order valence-corrected chi connectivity index (χ1v) is 10.1. The second kappa shape index (κ2) is 6.55. The third-order valence-corrected chi connectivity index (χ3v) is 6.47. The van der Waals surface area contributed by atoms with E-state index in [1.807, 2.05) is 0 Å². The highest BCUT2D eigenvalue weighted by atomic mass is 31.2. The van der Waals surface area contributed by atoms with Crippen LogP contribution in [0.25, 0.3) is 0 Å². The Kier molecular flexibility index (Phi) is 5.98. The molecule has 0 saturated heterocycles. The molecule has 0 bridgehead atoms. The molecule has 10 heteroatoms. The largest absolute Gasteiger partial charge is 0.330 e. The molecule has 0 aromatic heterocycles. The van der Waals surface area contributed by atoms with Gasteiger partial charge in [-0.25, -0.2) is 0 Å². The predicted molar refractivity (Wildman–Crippen MR) is 75.3 cm³/mol. The second-order valence-corrected chi connectivity index (χ2v) is 9.18. The van der Waals surface area contributed by atoms with Crippen LogP contribution in [0.4, 0.5) is 0 Å². The van der Waals surface area contributed by atoms with Gasteiger partial charge in [-0.15, -0.1) is 0 Å². The predicted octanol–water partition coefficient (Wildman–Crippen LogP) is 0.0894. The topological polar surface area (TPSA) is 167 Å². The van der Waals surface area contributed by atoms with Gasteiger partial charge in [0.15, 0.2) is 0 Å². The molecule has 0 heterocycles. The lowest BCUT2D eigenvalue weighted by Crippen LogP contribution is -2.63. The van der Waals surface area contributed by atoms with Crippen molar-refractivity contribution in [2.45, 2.75) is 55.8 Å². The Labute approximate surface area is 118 Å². The van der Waals surface area contributed by atoms with Crippen molar-refractivity contribution in [2.75, 3.05) is 6.16 Å². The molecule has 1 aliphatic rings. The van der Waals surface area contributed by atoms with E-state index in [0.29, 0.717) is 12.8 Å². The van der Waals surface area contributed by atoms with E-state index in [1.165, 1.54) is 0 Å². The lowest BCUT2D eigenvalue weighted by molar-refractivity contribution is 0.212. The summed E-state index contributed by atoms with van der Waals surface area (Å²) in [6.07, 6.45) is 2.20. The molecule has 0 aromatic carbocycles. The molecule has 1 fully saturated rings. The van der Waals surface area contributed by atoms with Crippen LogP contribution in [0.2, 0.25) is 0 Å². The van der Waals surface area contributed by atoms with Crippen LogP contribution in [0.3, 0.4) is 0 Å². The van der Waals surface area contributed by atoms with E-state index in [-0.39, 0.29) is 12.8 Å². The van der Waals surface area contributed by atoms with E-state index >= 15 is 0 Å². The van der Waals surface area contributed by atoms with Crippen LogP contribution >= 0.6 is 15.2 Å². The molecule has 0 amide bonds. The van der Waals surface area contributed by atoms with Crippen molar-refractivity contribution in [3.05, 3.63) is 0 Å². The van der Waals surface area contributed by atoms with Gasteiger partial charge in [0.25, 0.3) is 0 Å². The van der Waals surface area contributed by atoms with Gasteiger partial charge in [0.05, 0.1) is 5.66 Å². The first-order valence-electron chi connectivity index (χ1n) is 6.61. The molecule has 1 rings (SSSR count). The molecule has 0 radical (unpaired) electrons. The molecule has 0 aromatic rings. The Hall–Kier alpha value is 0.220. The van der Waals surface area contributed by atoms with Gasteiger partial charge in [-0.05, 0) is 25.7 Å². The summed E-state index contributed by atoms with van der Waals surface area (Å²) in [7, 11) is -8.66. The van der Waals surface area contributed by atoms with Gasteiger partial charge >= 0.3 is 15.2 Å². The lowest BCUT2D eigenvalue weighted by Gasteiger charge is -2.45. The minimum absolute atomic E-state index is 0.00568. The molecule has 3 unspecified atom stereocenters. The Morgan fingerprint density at radius 2 is 1.80 bits per heavy atom. The highest BCUT2D eigenvalue weighted by Gasteiger charge is 2.49. The van der Waals surface area contributed by atoms with Gasteiger partial charge < -0.3 is 31.0 Å².